The summed E-state index contributed by atoms with van der Waals surface area (Å²) in [4.78, 5) is 0.197. The van der Waals surface area contributed by atoms with Gasteiger partial charge in [-0.15, -0.1) is 0 Å². The van der Waals surface area contributed by atoms with Gasteiger partial charge in [0.05, 0.1) is 10.6 Å². The van der Waals surface area contributed by atoms with E-state index in [1.165, 1.54) is 0 Å². The van der Waals surface area contributed by atoms with Gasteiger partial charge in [-0.1, -0.05) is 23.8 Å². The molecule has 0 aliphatic rings. The van der Waals surface area contributed by atoms with Crippen molar-refractivity contribution in [1.82, 2.24) is 0 Å². The second-order valence-electron chi connectivity index (χ2n) is 4.82. The lowest BCUT2D eigenvalue weighted by atomic mass is 10.1. The van der Waals surface area contributed by atoms with Crippen molar-refractivity contribution in [2.24, 2.45) is 0 Å². The van der Waals surface area contributed by atoms with E-state index in [0.717, 1.165) is 5.56 Å². The molecule has 2 rings (SSSR count). The number of rotatable bonds is 3. The number of hydrogen-bond acceptors (Lipinski definition) is 3. The van der Waals surface area contributed by atoms with Crippen LogP contribution in [0.1, 0.15) is 16.7 Å². The molecule has 0 aliphatic heterocycles. The van der Waals surface area contributed by atoms with Gasteiger partial charge in [0.25, 0.3) is 10.0 Å². The SMILES string of the molecule is Cc1ccc(S(=O)(=O)Nc2ccc(C)c(O)c2C)cc1. The Morgan fingerprint density at radius 3 is 2.15 bits per heavy atom. The van der Waals surface area contributed by atoms with Gasteiger partial charge in [0.1, 0.15) is 5.75 Å². The average Bonchev–Trinajstić information content (AvgIpc) is 2.40. The van der Waals surface area contributed by atoms with Crippen molar-refractivity contribution in [3.05, 3.63) is 53.1 Å². The minimum absolute atomic E-state index is 0.106. The molecule has 2 aromatic carbocycles. The van der Waals surface area contributed by atoms with Crippen molar-refractivity contribution < 1.29 is 13.5 Å². The Balaban J connectivity index is 2.38. The number of phenolic OH excluding ortho intramolecular Hbond substituents is 1. The largest absolute Gasteiger partial charge is 0.507 e. The van der Waals surface area contributed by atoms with Crippen LogP contribution in [0.4, 0.5) is 5.69 Å². The van der Waals surface area contributed by atoms with E-state index < -0.39 is 10.0 Å². The molecule has 20 heavy (non-hydrogen) atoms. The van der Waals surface area contributed by atoms with E-state index in [1.807, 2.05) is 6.92 Å². The predicted molar refractivity (Wildman–Crippen MR) is 79.6 cm³/mol. The zero-order valence-corrected chi connectivity index (χ0v) is 12.5. The van der Waals surface area contributed by atoms with Crippen LogP contribution in [0.15, 0.2) is 41.3 Å². The smallest absolute Gasteiger partial charge is 0.261 e. The first-order valence-corrected chi connectivity index (χ1v) is 7.68. The Morgan fingerprint density at radius 1 is 0.950 bits per heavy atom. The highest BCUT2D eigenvalue weighted by Crippen LogP contribution is 2.29. The highest BCUT2D eigenvalue weighted by molar-refractivity contribution is 7.92. The molecule has 0 saturated heterocycles. The van der Waals surface area contributed by atoms with Crippen molar-refractivity contribution >= 4 is 15.7 Å². The highest BCUT2D eigenvalue weighted by Gasteiger charge is 2.16. The molecular weight excluding hydrogens is 274 g/mol. The predicted octanol–water partition coefficient (Wildman–Crippen LogP) is 3.12. The fraction of sp³-hybridized carbons (Fsp3) is 0.200. The molecule has 0 fully saturated rings. The van der Waals surface area contributed by atoms with E-state index in [4.69, 9.17) is 0 Å². The topological polar surface area (TPSA) is 66.4 Å². The summed E-state index contributed by atoms with van der Waals surface area (Å²) in [5.74, 6) is 0.106. The molecule has 0 aromatic heterocycles. The maximum atomic E-state index is 12.3. The third-order valence-electron chi connectivity index (χ3n) is 3.21. The van der Waals surface area contributed by atoms with Gasteiger partial charge >= 0.3 is 0 Å². The molecule has 4 nitrogen and oxygen atoms in total. The first-order valence-electron chi connectivity index (χ1n) is 6.20. The highest BCUT2D eigenvalue weighted by atomic mass is 32.2. The number of nitrogens with one attached hydrogen (secondary N) is 1. The van der Waals surface area contributed by atoms with Crippen molar-refractivity contribution in [2.45, 2.75) is 25.7 Å². The van der Waals surface area contributed by atoms with Crippen molar-refractivity contribution in [3.8, 4) is 5.75 Å². The first-order chi connectivity index (χ1) is 9.31. The number of aryl methyl sites for hydroxylation is 2. The summed E-state index contributed by atoms with van der Waals surface area (Å²) in [6.07, 6.45) is 0. The van der Waals surface area contributed by atoms with Crippen LogP contribution in [-0.4, -0.2) is 13.5 Å². The fourth-order valence-electron chi connectivity index (χ4n) is 1.87. The molecular formula is C15H17NO3S. The quantitative estimate of drug-likeness (QED) is 0.913. The van der Waals surface area contributed by atoms with Crippen LogP contribution < -0.4 is 4.72 Å². The van der Waals surface area contributed by atoms with Gasteiger partial charge in [-0.3, -0.25) is 4.72 Å². The first kappa shape index (κ1) is 14.4. The summed E-state index contributed by atoms with van der Waals surface area (Å²) in [5, 5.41) is 9.86. The number of phenols is 1. The van der Waals surface area contributed by atoms with Crippen LogP contribution in [0.3, 0.4) is 0 Å². The zero-order chi connectivity index (χ0) is 14.9. The fourth-order valence-corrected chi connectivity index (χ4v) is 2.99. The van der Waals surface area contributed by atoms with E-state index in [-0.39, 0.29) is 10.6 Å². The minimum atomic E-state index is -3.64. The molecule has 0 unspecified atom stereocenters. The lowest BCUT2D eigenvalue weighted by molar-refractivity contribution is 0.467. The van der Waals surface area contributed by atoms with Crippen molar-refractivity contribution in [1.29, 1.82) is 0 Å². The Hall–Kier alpha value is -2.01. The third-order valence-corrected chi connectivity index (χ3v) is 4.59. The second-order valence-corrected chi connectivity index (χ2v) is 6.50. The molecule has 0 saturated carbocycles. The summed E-state index contributed by atoms with van der Waals surface area (Å²) in [5.41, 5.74) is 2.60. The number of hydrogen-bond donors (Lipinski definition) is 2. The number of aromatic hydroxyl groups is 1. The van der Waals surface area contributed by atoms with E-state index >= 15 is 0 Å². The Labute approximate surface area is 119 Å². The number of anilines is 1. The molecule has 2 aromatic rings. The zero-order valence-electron chi connectivity index (χ0n) is 11.6. The molecule has 106 valence electrons. The van der Waals surface area contributed by atoms with Crippen molar-refractivity contribution in [3.63, 3.8) is 0 Å². The molecule has 0 radical (unpaired) electrons. The molecule has 2 N–H and O–H groups in total. The summed E-state index contributed by atoms with van der Waals surface area (Å²) >= 11 is 0. The van der Waals surface area contributed by atoms with Gasteiger partial charge in [0.15, 0.2) is 0 Å². The van der Waals surface area contributed by atoms with E-state index in [2.05, 4.69) is 4.72 Å². The maximum Gasteiger partial charge on any atom is 0.261 e. The summed E-state index contributed by atoms with van der Waals surface area (Å²) in [7, 11) is -3.64. The standard InChI is InChI=1S/C15H17NO3S/c1-10-4-7-13(8-5-10)20(18,19)16-14-9-6-11(2)15(17)12(14)3/h4-9,16-17H,1-3H3. The lowest BCUT2D eigenvalue weighted by Crippen LogP contribution is -2.13. The monoisotopic (exact) mass is 291 g/mol. The van der Waals surface area contributed by atoms with Crippen LogP contribution in [0.25, 0.3) is 0 Å². The van der Waals surface area contributed by atoms with Gasteiger partial charge in [0, 0.05) is 5.56 Å². The third kappa shape index (κ3) is 2.77. The second kappa shape index (κ2) is 5.17. The van der Waals surface area contributed by atoms with Crippen molar-refractivity contribution in [2.75, 3.05) is 4.72 Å². The average molecular weight is 291 g/mol. The Kier molecular flexibility index (Phi) is 3.72. The molecule has 0 bridgehead atoms. The van der Waals surface area contributed by atoms with Gasteiger partial charge in [-0.2, -0.15) is 0 Å². The van der Waals surface area contributed by atoms with Gasteiger partial charge < -0.3 is 5.11 Å². The normalized spacial score (nSPS) is 11.3. The van der Waals surface area contributed by atoms with E-state index in [1.54, 1.807) is 50.2 Å². The number of benzene rings is 2. The minimum Gasteiger partial charge on any atom is -0.507 e. The molecule has 0 spiro atoms. The van der Waals surface area contributed by atoms with Crippen LogP contribution in [0.5, 0.6) is 5.75 Å². The molecule has 0 aliphatic carbocycles. The Bertz CT molecular complexity index is 734. The van der Waals surface area contributed by atoms with Gasteiger partial charge in [-0.25, -0.2) is 8.42 Å². The summed E-state index contributed by atoms with van der Waals surface area (Å²) in [6, 6.07) is 9.93. The lowest BCUT2D eigenvalue weighted by Gasteiger charge is -2.13. The van der Waals surface area contributed by atoms with Crippen LogP contribution in [0.2, 0.25) is 0 Å². The number of sulfonamides is 1. The summed E-state index contributed by atoms with van der Waals surface area (Å²) in [6.45, 7) is 5.34. The maximum absolute atomic E-state index is 12.3. The van der Waals surface area contributed by atoms with Gasteiger partial charge in [0.2, 0.25) is 0 Å². The van der Waals surface area contributed by atoms with Crippen LogP contribution in [0, 0.1) is 20.8 Å². The van der Waals surface area contributed by atoms with Crippen LogP contribution in [-0.2, 0) is 10.0 Å². The molecule has 0 heterocycles. The molecule has 0 amide bonds. The molecule has 5 heteroatoms. The summed E-state index contributed by atoms with van der Waals surface area (Å²) < 4.78 is 27.0. The van der Waals surface area contributed by atoms with E-state index in [9.17, 15) is 13.5 Å². The van der Waals surface area contributed by atoms with E-state index in [0.29, 0.717) is 16.8 Å². The Morgan fingerprint density at radius 2 is 1.55 bits per heavy atom. The van der Waals surface area contributed by atoms with Gasteiger partial charge in [-0.05, 0) is 44.5 Å². The molecule has 0 atom stereocenters. The van der Waals surface area contributed by atoms with Crippen LogP contribution >= 0.6 is 0 Å².